The van der Waals surface area contributed by atoms with Gasteiger partial charge in [0.1, 0.15) is 0 Å². The van der Waals surface area contributed by atoms with E-state index < -0.39 is 0 Å². The maximum Gasteiger partial charge on any atom is 0.189 e. The number of nitrogens with one attached hydrogen (secondary N) is 1. The highest BCUT2D eigenvalue weighted by molar-refractivity contribution is 6.33. The molecule has 1 aromatic heterocycles. The van der Waals surface area contributed by atoms with Crippen LogP contribution >= 0.6 is 11.6 Å². The van der Waals surface area contributed by atoms with E-state index in [-0.39, 0.29) is 5.43 Å². The number of hydrogen-bond acceptors (Lipinski definition) is 1. The summed E-state index contributed by atoms with van der Waals surface area (Å²) >= 11 is 6.17. The molecule has 1 N–H and O–H groups in total. The summed E-state index contributed by atoms with van der Waals surface area (Å²) in [5, 5.41) is 1.39. The van der Waals surface area contributed by atoms with Gasteiger partial charge in [-0.25, -0.2) is 0 Å². The normalized spacial score (nSPS) is 10.7. The van der Waals surface area contributed by atoms with E-state index in [1.807, 2.05) is 42.5 Å². The minimum atomic E-state index is 0.0226. The molecule has 3 aromatic rings. The predicted molar refractivity (Wildman–Crippen MR) is 75.0 cm³/mol. The van der Waals surface area contributed by atoms with Crippen molar-refractivity contribution in [2.45, 2.75) is 0 Å². The first-order chi connectivity index (χ1) is 8.75. The Morgan fingerprint density at radius 1 is 1.00 bits per heavy atom. The lowest BCUT2D eigenvalue weighted by Crippen LogP contribution is -1.99. The number of rotatable bonds is 1. The van der Waals surface area contributed by atoms with Gasteiger partial charge in [-0.3, -0.25) is 4.79 Å². The van der Waals surface area contributed by atoms with E-state index in [9.17, 15) is 4.79 Å². The SMILES string of the molecule is O=c1cc[nH]c2cc(-c3ccccc3Cl)ccc12. The molecule has 3 heteroatoms. The fraction of sp³-hybridized carbons (Fsp3) is 0. The van der Waals surface area contributed by atoms with Gasteiger partial charge in [-0.2, -0.15) is 0 Å². The third-order valence-corrected chi connectivity index (χ3v) is 3.27. The summed E-state index contributed by atoms with van der Waals surface area (Å²) in [6.07, 6.45) is 1.65. The molecule has 1 heterocycles. The van der Waals surface area contributed by atoms with Gasteiger partial charge in [0.25, 0.3) is 0 Å². The Hall–Kier alpha value is -2.06. The number of H-pyrrole nitrogens is 1. The molecular weight excluding hydrogens is 246 g/mol. The third-order valence-electron chi connectivity index (χ3n) is 2.94. The number of fused-ring (bicyclic) bond motifs is 1. The standard InChI is InChI=1S/C15H10ClNO/c16-13-4-2-1-3-11(13)10-5-6-12-14(9-10)17-8-7-15(12)18/h1-9H,(H,17,18). The van der Waals surface area contributed by atoms with Crippen LogP contribution in [0.25, 0.3) is 22.0 Å². The van der Waals surface area contributed by atoms with Gasteiger partial charge < -0.3 is 4.98 Å². The molecular formula is C15H10ClNO. The summed E-state index contributed by atoms with van der Waals surface area (Å²) in [4.78, 5) is 14.7. The Bertz CT molecular complexity index is 777. The first-order valence-corrected chi connectivity index (χ1v) is 6.00. The molecule has 0 saturated heterocycles. The molecule has 0 fully saturated rings. The van der Waals surface area contributed by atoms with Crippen LogP contribution < -0.4 is 5.43 Å². The highest BCUT2D eigenvalue weighted by Gasteiger charge is 2.04. The van der Waals surface area contributed by atoms with Crippen molar-refractivity contribution < 1.29 is 0 Å². The Labute approximate surface area is 109 Å². The molecule has 0 unspecified atom stereocenters. The summed E-state index contributed by atoms with van der Waals surface area (Å²) in [6.45, 7) is 0. The number of aromatic amines is 1. The van der Waals surface area contributed by atoms with E-state index in [2.05, 4.69) is 4.98 Å². The van der Waals surface area contributed by atoms with Gasteiger partial charge in [0.15, 0.2) is 5.43 Å². The molecule has 0 saturated carbocycles. The molecule has 0 aliphatic carbocycles. The lowest BCUT2D eigenvalue weighted by molar-refractivity contribution is 1.39. The number of hydrogen-bond donors (Lipinski definition) is 1. The lowest BCUT2D eigenvalue weighted by Gasteiger charge is -2.05. The predicted octanol–water partition coefficient (Wildman–Crippen LogP) is 3.85. The van der Waals surface area contributed by atoms with Crippen molar-refractivity contribution in [3.05, 3.63) is 70.0 Å². The van der Waals surface area contributed by atoms with Gasteiger partial charge in [0.2, 0.25) is 0 Å². The molecule has 0 aliphatic rings. The fourth-order valence-electron chi connectivity index (χ4n) is 2.04. The largest absolute Gasteiger partial charge is 0.361 e. The van der Waals surface area contributed by atoms with Crippen LogP contribution in [0.2, 0.25) is 5.02 Å². The van der Waals surface area contributed by atoms with Crippen LogP contribution in [0.5, 0.6) is 0 Å². The molecule has 3 rings (SSSR count). The number of pyridine rings is 1. The van der Waals surface area contributed by atoms with Crippen LogP contribution in [-0.2, 0) is 0 Å². The Morgan fingerprint density at radius 3 is 2.67 bits per heavy atom. The summed E-state index contributed by atoms with van der Waals surface area (Å²) in [5.41, 5.74) is 2.80. The van der Waals surface area contributed by atoms with Gasteiger partial charge in [0.05, 0.1) is 0 Å². The van der Waals surface area contributed by atoms with E-state index in [1.54, 1.807) is 6.20 Å². The molecule has 18 heavy (non-hydrogen) atoms. The van der Waals surface area contributed by atoms with Crippen LogP contribution in [0.15, 0.2) is 59.5 Å². The Balaban J connectivity index is 2.27. The van der Waals surface area contributed by atoms with Crippen LogP contribution in [0.3, 0.4) is 0 Å². The minimum absolute atomic E-state index is 0.0226. The van der Waals surface area contributed by atoms with E-state index in [0.29, 0.717) is 10.4 Å². The maximum absolute atomic E-state index is 11.6. The van der Waals surface area contributed by atoms with Crippen molar-refractivity contribution in [3.63, 3.8) is 0 Å². The summed E-state index contributed by atoms with van der Waals surface area (Å²) in [5.74, 6) is 0. The first kappa shape index (κ1) is 11.1. The minimum Gasteiger partial charge on any atom is -0.361 e. The Kier molecular flexibility index (Phi) is 2.65. The summed E-state index contributed by atoms with van der Waals surface area (Å²) < 4.78 is 0. The summed E-state index contributed by atoms with van der Waals surface area (Å²) in [6, 6.07) is 14.9. The Morgan fingerprint density at radius 2 is 1.83 bits per heavy atom. The topological polar surface area (TPSA) is 32.9 Å². The molecule has 88 valence electrons. The van der Waals surface area contributed by atoms with Gasteiger partial charge in [0, 0.05) is 33.8 Å². The van der Waals surface area contributed by atoms with E-state index in [1.165, 1.54) is 6.07 Å². The molecule has 2 nitrogen and oxygen atoms in total. The van der Waals surface area contributed by atoms with Gasteiger partial charge >= 0.3 is 0 Å². The van der Waals surface area contributed by atoms with Crippen LogP contribution in [-0.4, -0.2) is 4.98 Å². The van der Waals surface area contributed by atoms with Gasteiger partial charge in [-0.1, -0.05) is 35.9 Å². The fourth-order valence-corrected chi connectivity index (χ4v) is 2.28. The second-order valence-electron chi connectivity index (χ2n) is 4.08. The molecule has 2 aromatic carbocycles. The number of aromatic nitrogens is 1. The van der Waals surface area contributed by atoms with E-state index >= 15 is 0 Å². The van der Waals surface area contributed by atoms with E-state index in [4.69, 9.17) is 11.6 Å². The quantitative estimate of drug-likeness (QED) is 0.704. The smallest absolute Gasteiger partial charge is 0.189 e. The zero-order chi connectivity index (χ0) is 12.5. The van der Waals surface area contributed by atoms with Crippen molar-refractivity contribution >= 4 is 22.5 Å². The van der Waals surface area contributed by atoms with E-state index in [0.717, 1.165) is 16.6 Å². The molecule has 0 radical (unpaired) electrons. The van der Waals surface area contributed by atoms with Crippen molar-refractivity contribution in [3.8, 4) is 11.1 Å². The van der Waals surface area contributed by atoms with Crippen molar-refractivity contribution in [1.29, 1.82) is 0 Å². The average molecular weight is 256 g/mol. The monoisotopic (exact) mass is 255 g/mol. The van der Waals surface area contributed by atoms with Gasteiger partial charge in [-0.05, 0) is 23.8 Å². The number of benzene rings is 2. The third kappa shape index (κ3) is 1.81. The van der Waals surface area contributed by atoms with Crippen molar-refractivity contribution in [2.75, 3.05) is 0 Å². The first-order valence-electron chi connectivity index (χ1n) is 5.62. The van der Waals surface area contributed by atoms with Gasteiger partial charge in [-0.15, -0.1) is 0 Å². The van der Waals surface area contributed by atoms with Crippen LogP contribution in [0, 0.1) is 0 Å². The number of halogens is 1. The molecule has 0 bridgehead atoms. The lowest BCUT2D eigenvalue weighted by atomic mass is 10.0. The molecule has 0 aliphatic heterocycles. The second kappa shape index (κ2) is 4.31. The van der Waals surface area contributed by atoms with Crippen molar-refractivity contribution in [1.82, 2.24) is 4.98 Å². The zero-order valence-electron chi connectivity index (χ0n) is 9.48. The zero-order valence-corrected chi connectivity index (χ0v) is 10.2. The molecule has 0 spiro atoms. The average Bonchev–Trinajstić information content (AvgIpc) is 2.39. The highest BCUT2D eigenvalue weighted by Crippen LogP contribution is 2.28. The van der Waals surface area contributed by atoms with Crippen LogP contribution in [0.4, 0.5) is 0 Å². The molecule has 0 amide bonds. The second-order valence-corrected chi connectivity index (χ2v) is 4.49. The maximum atomic E-state index is 11.6. The molecule has 0 atom stereocenters. The highest BCUT2D eigenvalue weighted by atomic mass is 35.5. The van der Waals surface area contributed by atoms with Crippen molar-refractivity contribution in [2.24, 2.45) is 0 Å². The van der Waals surface area contributed by atoms with Crippen LogP contribution in [0.1, 0.15) is 0 Å². The summed E-state index contributed by atoms with van der Waals surface area (Å²) in [7, 11) is 0.